The second kappa shape index (κ2) is 6.57. The van der Waals surface area contributed by atoms with Crippen molar-refractivity contribution in [2.24, 2.45) is 0 Å². The number of ether oxygens (including phenoxy) is 1. The Morgan fingerprint density at radius 1 is 1.19 bits per heavy atom. The molecule has 0 unspecified atom stereocenters. The average molecular weight is 372 g/mol. The largest absolute Gasteiger partial charge is 0.448 e. The third-order valence-corrected chi connectivity index (χ3v) is 4.43. The molecular formula is C12H10Cl4N2O3. The number of esters is 1. The average Bonchev–Trinajstić information content (AvgIpc) is 3.24. The number of hydrogen-bond acceptors (Lipinski definition) is 4. The molecule has 5 nitrogen and oxygen atoms in total. The van der Waals surface area contributed by atoms with Crippen LogP contribution in [-0.4, -0.2) is 29.0 Å². The first-order valence-electron chi connectivity index (χ1n) is 6.02. The summed E-state index contributed by atoms with van der Waals surface area (Å²) in [5.41, 5.74) is -0.290. The summed E-state index contributed by atoms with van der Waals surface area (Å²) in [5.74, 6) is -1.29. The van der Waals surface area contributed by atoms with Gasteiger partial charge in [0.2, 0.25) is 0 Å². The summed E-state index contributed by atoms with van der Waals surface area (Å²) < 4.78 is 5.00. The van der Waals surface area contributed by atoms with Crippen LogP contribution in [0.3, 0.4) is 0 Å². The van der Waals surface area contributed by atoms with Gasteiger partial charge in [0, 0.05) is 6.04 Å². The van der Waals surface area contributed by atoms with E-state index in [1.54, 1.807) is 0 Å². The Hall–Kier alpha value is -0.750. The fourth-order valence-corrected chi connectivity index (χ4v) is 2.24. The van der Waals surface area contributed by atoms with Gasteiger partial charge in [0.15, 0.2) is 11.8 Å². The zero-order valence-corrected chi connectivity index (χ0v) is 13.8. The Morgan fingerprint density at radius 3 is 2.38 bits per heavy atom. The van der Waals surface area contributed by atoms with Crippen molar-refractivity contribution < 1.29 is 14.3 Å². The molecule has 1 aromatic heterocycles. The van der Waals surface area contributed by atoms with Gasteiger partial charge in [-0.1, -0.05) is 46.4 Å². The summed E-state index contributed by atoms with van der Waals surface area (Å²) in [6, 6.07) is 0.166. The predicted molar refractivity (Wildman–Crippen MR) is 80.3 cm³/mol. The first-order chi connectivity index (χ1) is 9.81. The number of carbonyl (C=O) groups is 2. The smallest absolute Gasteiger partial charge is 0.359 e. The number of nitrogens with zero attached hydrogens (tertiary/aromatic N) is 1. The highest BCUT2D eigenvalue weighted by atomic mass is 35.5. The summed E-state index contributed by atoms with van der Waals surface area (Å²) in [6.45, 7) is 1.45. The molecule has 9 heteroatoms. The highest BCUT2D eigenvalue weighted by Gasteiger charge is 2.29. The van der Waals surface area contributed by atoms with Gasteiger partial charge in [0.25, 0.3) is 5.91 Å². The Bertz CT molecular complexity index is 605. The summed E-state index contributed by atoms with van der Waals surface area (Å²) in [5, 5.41) is 2.21. The lowest BCUT2D eigenvalue weighted by Gasteiger charge is -2.14. The van der Waals surface area contributed by atoms with Gasteiger partial charge in [0.1, 0.15) is 5.15 Å². The van der Waals surface area contributed by atoms with Crippen molar-refractivity contribution in [3.8, 4) is 0 Å². The Morgan fingerprint density at radius 2 is 1.81 bits per heavy atom. The number of rotatable bonds is 4. The minimum Gasteiger partial charge on any atom is -0.448 e. The first-order valence-corrected chi connectivity index (χ1v) is 7.53. The third kappa shape index (κ3) is 3.92. The SMILES string of the molecule is C[C@H](OC(=O)c1nc(Cl)c(Cl)c(Cl)c1Cl)C(=O)NC1CC1. The lowest BCUT2D eigenvalue weighted by atomic mass is 10.3. The summed E-state index contributed by atoms with van der Waals surface area (Å²) in [4.78, 5) is 27.4. The van der Waals surface area contributed by atoms with Crippen molar-refractivity contribution in [1.82, 2.24) is 10.3 Å². The van der Waals surface area contributed by atoms with E-state index in [-0.39, 0.29) is 37.9 Å². The number of hydrogen-bond donors (Lipinski definition) is 1. The number of aromatic nitrogens is 1. The van der Waals surface area contributed by atoms with Crippen molar-refractivity contribution in [1.29, 1.82) is 0 Å². The van der Waals surface area contributed by atoms with Crippen molar-refractivity contribution in [2.45, 2.75) is 31.9 Å². The van der Waals surface area contributed by atoms with Gasteiger partial charge in [-0.3, -0.25) is 4.79 Å². The number of carbonyl (C=O) groups excluding carboxylic acids is 2. The monoisotopic (exact) mass is 370 g/mol. The summed E-state index contributed by atoms with van der Waals surface area (Å²) in [6.07, 6.45) is 0.883. The number of nitrogens with one attached hydrogen (secondary N) is 1. The van der Waals surface area contributed by atoms with E-state index in [0.29, 0.717) is 0 Å². The fourth-order valence-electron chi connectivity index (χ4n) is 1.44. The van der Waals surface area contributed by atoms with Crippen molar-refractivity contribution in [2.75, 3.05) is 0 Å². The fraction of sp³-hybridized carbons (Fsp3) is 0.417. The van der Waals surface area contributed by atoms with Gasteiger partial charge < -0.3 is 10.1 Å². The zero-order valence-electron chi connectivity index (χ0n) is 10.8. The molecule has 1 heterocycles. The Balaban J connectivity index is 2.11. The van der Waals surface area contributed by atoms with Crippen LogP contribution in [0.5, 0.6) is 0 Å². The van der Waals surface area contributed by atoms with Crippen molar-refractivity contribution in [3.05, 3.63) is 25.9 Å². The molecule has 1 aliphatic carbocycles. The van der Waals surface area contributed by atoms with Crippen LogP contribution >= 0.6 is 46.4 Å². The zero-order chi connectivity index (χ0) is 15.7. The van der Waals surface area contributed by atoms with E-state index in [9.17, 15) is 9.59 Å². The van der Waals surface area contributed by atoms with Crippen molar-refractivity contribution in [3.63, 3.8) is 0 Å². The molecule has 1 atom stereocenters. The molecule has 1 aromatic rings. The molecule has 0 bridgehead atoms. The molecule has 114 valence electrons. The maximum absolute atomic E-state index is 12.0. The maximum Gasteiger partial charge on any atom is 0.359 e. The third-order valence-electron chi connectivity index (χ3n) is 2.75. The molecule has 2 rings (SSSR count). The molecule has 0 radical (unpaired) electrons. The van der Waals surface area contributed by atoms with Crippen LogP contribution in [0.25, 0.3) is 0 Å². The van der Waals surface area contributed by atoms with E-state index in [2.05, 4.69) is 10.3 Å². The maximum atomic E-state index is 12.0. The minimum atomic E-state index is -0.982. The summed E-state index contributed by atoms with van der Waals surface area (Å²) >= 11 is 23.2. The van der Waals surface area contributed by atoms with E-state index in [0.717, 1.165) is 12.8 Å². The molecule has 21 heavy (non-hydrogen) atoms. The van der Waals surface area contributed by atoms with Gasteiger partial charge in [-0.2, -0.15) is 0 Å². The summed E-state index contributed by atoms with van der Waals surface area (Å²) in [7, 11) is 0. The van der Waals surface area contributed by atoms with E-state index in [1.807, 2.05) is 0 Å². The van der Waals surface area contributed by atoms with Crippen LogP contribution < -0.4 is 5.32 Å². The molecule has 0 saturated heterocycles. The molecular weight excluding hydrogens is 362 g/mol. The minimum absolute atomic E-state index is 0.0561. The standard InChI is InChI=1S/C12H10Cl4N2O3/c1-4(11(19)17-5-2-3-5)21-12(20)9-7(14)6(13)8(15)10(16)18-9/h4-5H,2-3H2,1H3,(H,17,19)/t4-/m0/s1. The van der Waals surface area contributed by atoms with E-state index in [4.69, 9.17) is 51.1 Å². The van der Waals surface area contributed by atoms with Gasteiger partial charge in [0.05, 0.1) is 15.1 Å². The number of pyridine rings is 1. The molecule has 0 aliphatic heterocycles. The van der Waals surface area contributed by atoms with E-state index < -0.39 is 12.1 Å². The van der Waals surface area contributed by atoms with Gasteiger partial charge in [-0.25, -0.2) is 9.78 Å². The van der Waals surface area contributed by atoms with Crippen molar-refractivity contribution >= 4 is 58.3 Å². The normalized spacial score (nSPS) is 15.5. The van der Waals surface area contributed by atoms with Crippen LogP contribution in [0.2, 0.25) is 20.2 Å². The lowest BCUT2D eigenvalue weighted by molar-refractivity contribution is -0.129. The highest BCUT2D eigenvalue weighted by molar-refractivity contribution is 6.52. The first kappa shape index (κ1) is 16.6. The molecule has 1 fully saturated rings. The van der Waals surface area contributed by atoms with Crippen LogP contribution in [0.4, 0.5) is 0 Å². The quantitative estimate of drug-likeness (QED) is 0.649. The highest BCUT2D eigenvalue weighted by Crippen LogP contribution is 2.36. The van der Waals surface area contributed by atoms with Crippen LogP contribution in [0.15, 0.2) is 0 Å². The Kier molecular flexibility index (Phi) is 5.20. The second-order valence-electron chi connectivity index (χ2n) is 4.52. The van der Waals surface area contributed by atoms with Gasteiger partial charge >= 0.3 is 5.97 Å². The van der Waals surface area contributed by atoms with E-state index in [1.165, 1.54) is 6.92 Å². The van der Waals surface area contributed by atoms with Crippen LogP contribution in [0, 0.1) is 0 Å². The predicted octanol–water partition coefficient (Wildman–Crippen LogP) is 3.52. The van der Waals surface area contributed by atoms with Gasteiger partial charge in [-0.05, 0) is 19.8 Å². The second-order valence-corrected chi connectivity index (χ2v) is 6.02. The molecule has 0 aromatic carbocycles. The molecule has 0 spiro atoms. The molecule has 1 amide bonds. The molecule has 1 aliphatic rings. The molecule has 1 N–H and O–H groups in total. The Labute approximate surface area is 140 Å². The lowest BCUT2D eigenvalue weighted by Crippen LogP contribution is -2.37. The molecule has 1 saturated carbocycles. The van der Waals surface area contributed by atoms with Gasteiger partial charge in [-0.15, -0.1) is 0 Å². The van der Waals surface area contributed by atoms with Crippen LogP contribution in [-0.2, 0) is 9.53 Å². The number of amides is 1. The topological polar surface area (TPSA) is 68.3 Å². The number of halogens is 4. The van der Waals surface area contributed by atoms with E-state index >= 15 is 0 Å². The van der Waals surface area contributed by atoms with Crippen LogP contribution in [0.1, 0.15) is 30.3 Å².